The van der Waals surface area contributed by atoms with Crippen molar-refractivity contribution in [3.8, 4) is 11.1 Å². The minimum atomic E-state index is -3.93. The van der Waals surface area contributed by atoms with Crippen LogP contribution in [0, 0.1) is 12.3 Å². The van der Waals surface area contributed by atoms with Gasteiger partial charge in [-0.3, -0.25) is 10.7 Å². The lowest BCUT2D eigenvalue weighted by molar-refractivity contribution is 0.0563. The van der Waals surface area contributed by atoms with E-state index in [4.69, 9.17) is 27.5 Å². The Bertz CT molecular complexity index is 1390. The highest BCUT2D eigenvalue weighted by Gasteiger charge is 2.27. The molecule has 1 heterocycles. The number of nitrogens with one attached hydrogen (secondary N) is 2. The summed E-state index contributed by atoms with van der Waals surface area (Å²) in [5.74, 6) is -0.237. The molecule has 1 aromatic heterocycles. The van der Waals surface area contributed by atoms with E-state index in [-0.39, 0.29) is 15.6 Å². The molecule has 0 fully saturated rings. The highest BCUT2D eigenvalue weighted by atomic mass is 35.5. The third-order valence-electron chi connectivity index (χ3n) is 4.76. The van der Waals surface area contributed by atoms with Crippen molar-refractivity contribution in [1.29, 1.82) is 5.41 Å². The van der Waals surface area contributed by atoms with Crippen LogP contribution in [0.25, 0.3) is 11.1 Å². The van der Waals surface area contributed by atoms with Gasteiger partial charge in [0.25, 0.3) is 0 Å². The number of nitrogen functional groups attached to an aromatic ring is 1. The molecule has 0 spiro atoms. The molecule has 1 amide bonds. The zero-order chi connectivity index (χ0) is 26.1. The van der Waals surface area contributed by atoms with Crippen LogP contribution < -0.4 is 11.1 Å². The molecule has 0 saturated heterocycles. The highest BCUT2D eigenvalue weighted by molar-refractivity contribution is 8.01. The monoisotopic (exact) mass is 551 g/mol. The first-order chi connectivity index (χ1) is 16.2. The Morgan fingerprint density at radius 1 is 1.20 bits per heavy atom. The van der Waals surface area contributed by atoms with Crippen molar-refractivity contribution in [2.75, 3.05) is 12.0 Å². The Hall–Kier alpha value is -2.53. The number of ether oxygens (including phenoxy) is 1. The lowest BCUT2D eigenvalue weighted by Gasteiger charge is -2.19. The molecule has 0 radical (unpaired) electrons. The van der Waals surface area contributed by atoms with Crippen LogP contribution in [0.15, 0.2) is 56.5 Å². The van der Waals surface area contributed by atoms with E-state index in [0.717, 1.165) is 16.9 Å². The summed E-state index contributed by atoms with van der Waals surface area (Å²) in [4.78, 5) is 12.5. The molecule has 186 valence electrons. The summed E-state index contributed by atoms with van der Waals surface area (Å²) in [6, 6.07) is 11.4. The average Bonchev–Trinajstić information content (AvgIpc) is 3.17. The van der Waals surface area contributed by atoms with E-state index >= 15 is 0 Å². The first kappa shape index (κ1) is 27.1. The molecule has 0 aliphatic rings. The molecule has 0 atom stereocenters. The van der Waals surface area contributed by atoms with Crippen LogP contribution in [0.2, 0.25) is 5.02 Å². The predicted molar refractivity (Wildman–Crippen MR) is 144 cm³/mol. The number of hydrogen-bond acceptors (Lipinski definition) is 8. The number of amidine groups is 1. The van der Waals surface area contributed by atoms with E-state index in [2.05, 4.69) is 5.32 Å². The fourth-order valence-electron chi connectivity index (χ4n) is 3.36. The van der Waals surface area contributed by atoms with Gasteiger partial charge in [-0.05, 0) is 75.4 Å². The van der Waals surface area contributed by atoms with Crippen molar-refractivity contribution in [2.24, 2.45) is 0 Å². The number of sulfone groups is 1. The van der Waals surface area contributed by atoms with E-state index in [9.17, 15) is 13.2 Å². The zero-order valence-electron chi connectivity index (χ0n) is 19.9. The Labute approximate surface area is 218 Å². The van der Waals surface area contributed by atoms with Crippen LogP contribution in [-0.4, -0.2) is 32.2 Å². The van der Waals surface area contributed by atoms with Crippen molar-refractivity contribution in [1.82, 2.24) is 5.32 Å². The number of thioether (sulfide) groups is 1. The Balaban J connectivity index is 1.99. The van der Waals surface area contributed by atoms with Crippen molar-refractivity contribution in [2.45, 2.75) is 47.3 Å². The van der Waals surface area contributed by atoms with Crippen LogP contribution in [0.1, 0.15) is 31.2 Å². The van der Waals surface area contributed by atoms with Gasteiger partial charge in [0.1, 0.15) is 11.4 Å². The van der Waals surface area contributed by atoms with Gasteiger partial charge in [-0.25, -0.2) is 13.2 Å². The molecule has 4 N–H and O–H groups in total. The predicted octanol–water partition coefficient (Wildman–Crippen LogP) is 6.36. The number of alkyl carbamates (subject to hydrolysis) is 1. The summed E-state index contributed by atoms with van der Waals surface area (Å²) in [6.45, 7) is 7.00. The topological polar surface area (TPSA) is 122 Å². The minimum Gasteiger partial charge on any atom is -0.444 e. The molecule has 0 aliphatic heterocycles. The van der Waals surface area contributed by atoms with Crippen LogP contribution in [0.5, 0.6) is 0 Å². The van der Waals surface area contributed by atoms with E-state index in [1.165, 1.54) is 23.9 Å². The maximum Gasteiger partial charge on any atom is 0.413 e. The molecular formula is C24H26ClN3O4S3. The number of aryl methyl sites for hydroxylation is 1. The largest absolute Gasteiger partial charge is 0.444 e. The summed E-state index contributed by atoms with van der Waals surface area (Å²) < 4.78 is 32.9. The molecule has 0 bridgehead atoms. The molecule has 0 saturated carbocycles. The van der Waals surface area contributed by atoms with Crippen molar-refractivity contribution in [3.63, 3.8) is 0 Å². The Morgan fingerprint density at radius 2 is 1.89 bits per heavy atom. The summed E-state index contributed by atoms with van der Waals surface area (Å²) in [6.07, 6.45) is 0.975. The zero-order valence-corrected chi connectivity index (χ0v) is 23.1. The first-order valence-corrected chi connectivity index (χ1v) is 14.3. The number of halogens is 1. The molecule has 35 heavy (non-hydrogen) atoms. The number of carbonyl (C=O) groups is 1. The fraction of sp³-hybridized carbons (Fsp3) is 0.250. The van der Waals surface area contributed by atoms with E-state index in [1.54, 1.807) is 57.4 Å². The molecule has 0 aliphatic carbocycles. The van der Waals surface area contributed by atoms with E-state index < -0.39 is 21.5 Å². The van der Waals surface area contributed by atoms with Gasteiger partial charge < -0.3 is 10.5 Å². The third-order valence-corrected chi connectivity index (χ3v) is 9.38. The van der Waals surface area contributed by atoms with Crippen molar-refractivity contribution >= 4 is 62.2 Å². The maximum atomic E-state index is 13.6. The number of amides is 1. The molecule has 11 heteroatoms. The highest BCUT2D eigenvalue weighted by Crippen LogP contribution is 2.39. The SMILES string of the molecule is CSc1sc(C(=N)NC(=O)OC(C)(C)C)cc1S(=O)(=O)c1cccc(-c2c(C)cc(N)cc2Cl)c1. The maximum absolute atomic E-state index is 13.6. The summed E-state index contributed by atoms with van der Waals surface area (Å²) in [7, 11) is -3.93. The molecule has 0 unspecified atom stereocenters. The van der Waals surface area contributed by atoms with Crippen LogP contribution in [0.4, 0.5) is 10.5 Å². The van der Waals surface area contributed by atoms with Crippen molar-refractivity contribution in [3.05, 3.63) is 57.9 Å². The molecule has 3 rings (SSSR count). The van der Waals surface area contributed by atoms with Gasteiger partial charge in [0.2, 0.25) is 9.84 Å². The number of rotatable bonds is 5. The second-order valence-electron chi connectivity index (χ2n) is 8.69. The summed E-state index contributed by atoms with van der Waals surface area (Å²) in [5.41, 5.74) is 7.85. The van der Waals surface area contributed by atoms with Crippen LogP contribution >= 0.6 is 34.7 Å². The van der Waals surface area contributed by atoms with Gasteiger partial charge >= 0.3 is 6.09 Å². The number of anilines is 1. The van der Waals surface area contributed by atoms with Gasteiger partial charge in [0.05, 0.1) is 23.9 Å². The molecular weight excluding hydrogens is 526 g/mol. The number of benzene rings is 2. The number of thiophene rings is 1. The Kier molecular flexibility index (Phi) is 7.90. The number of hydrogen-bond donors (Lipinski definition) is 3. The lowest BCUT2D eigenvalue weighted by Crippen LogP contribution is -2.36. The molecule has 2 aromatic carbocycles. The standard InChI is InChI=1S/C24H26ClN3O4S3/c1-13-9-15(26)11-17(25)20(13)14-7-6-8-16(10-14)35(30,31)19-12-18(34-22(19)33-5)21(27)28-23(29)32-24(2,3)4/h6-12H,26H2,1-5H3,(H2,27,28,29). The number of carbonyl (C=O) groups excluding carboxylic acids is 1. The second-order valence-corrected chi connectivity index (χ2v) is 13.1. The van der Waals surface area contributed by atoms with Crippen LogP contribution in [-0.2, 0) is 14.6 Å². The normalized spacial score (nSPS) is 11.8. The first-order valence-electron chi connectivity index (χ1n) is 10.4. The smallest absolute Gasteiger partial charge is 0.413 e. The van der Waals surface area contributed by atoms with Gasteiger partial charge in [-0.15, -0.1) is 23.1 Å². The van der Waals surface area contributed by atoms with E-state index in [1.807, 2.05) is 6.92 Å². The molecule has 7 nitrogen and oxygen atoms in total. The van der Waals surface area contributed by atoms with E-state index in [0.29, 0.717) is 30.9 Å². The fourth-order valence-corrected chi connectivity index (χ4v) is 7.69. The van der Waals surface area contributed by atoms with Gasteiger partial charge in [-0.1, -0.05) is 23.7 Å². The average molecular weight is 552 g/mol. The van der Waals surface area contributed by atoms with Crippen molar-refractivity contribution < 1.29 is 17.9 Å². The van der Waals surface area contributed by atoms with Gasteiger partial charge in [0, 0.05) is 11.3 Å². The summed E-state index contributed by atoms with van der Waals surface area (Å²) >= 11 is 8.79. The van der Waals surface area contributed by atoms with Crippen LogP contribution in [0.3, 0.4) is 0 Å². The summed E-state index contributed by atoms with van der Waals surface area (Å²) in [5, 5.41) is 11.0. The molecule has 3 aromatic rings. The quantitative estimate of drug-likeness (QED) is 0.147. The van der Waals surface area contributed by atoms with Gasteiger partial charge in [-0.2, -0.15) is 0 Å². The second kappa shape index (κ2) is 10.2. The van der Waals surface area contributed by atoms with Gasteiger partial charge in [0.15, 0.2) is 0 Å². The minimum absolute atomic E-state index is 0.0676. The third kappa shape index (κ3) is 6.19. The Morgan fingerprint density at radius 3 is 2.49 bits per heavy atom. The lowest BCUT2D eigenvalue weighted by atomic mass is 10.00. The number of nitrogens with two attached hydrogens (primary N) is 1.